The highest BCUT2D eigenvalue weighted by molar-refractivity contribution is 6.15. The molecule has 0 unspecified atom stereocenters. The number of carbonyl (C=O) groups excluding carboxylic acids is 3. The standard InChI is InChI=1S/C24H19N3O3/c28-22(15-10-17-6-2-1-3-7-17)25-19-13-11-18(12-14-19)24(30)27-16-23(29)26-20-8-4-5-9-21(20)27/h1-15H,16H2,(H,25,28)(H,26,29)/b15-10+. The molecule has 3 aromatic rings. The van der Waals surface area contributed by atoms with Crippen LogP contribution in [0.15, 0.2) is 84.9 Å². The number of nitrogens with one attached hydrogen (secondary N) is 2. The smallest absolute Gasteiger partial charge is 0.258 e. The summed E-state index contributed by atoms with van der Waals surface area (Å²) in [5.74, 6) is -0.783. The summed E-state index contributed by atoms with van der Waals surface area (Å²) in [4.78, 5) is 38.5. The van der Waals surface area contributed by atoms with E-state index < -0.39 is 0 Å². The number of nitrogens with zero attached hydrogens (tertiary/aromatic N) is 1. The van der Waals surface area contributed by atoms with Crippen molar-refractivity contribution in [1.82, 2.24) is 0 Å². The number of fused-ring (bicyclic) bond motifs is 1. The number of rotatable bonds is 4. The molecule has 1 heterocycles. The van der Waals surface area contributed by atoms with Gasteiger partial charge in [-0.3, -0.25) is 19.3 Å². The maximum absolute atomic E-state index is 12.9. The molecule has 0 atom stereocenters. The minimum atomic E-state index is -0.279. The Morgan fingerprint density at radius 3 is 2.37 bits per heavy atom. The van der Waals surface area contributed by atoms with E-state index in [1.807, 2.05) is 36.4 Å². The lowest BCUT2D eigenvalue weighted by atomic mass is 10.1. The van der Waals surface area contributed by atoms with Crippen molar-refractivity contribution in [3.8, 4) is 0 Å². The minimum Gasteiger partial charge on any atom is -0.323 e. The highest BCUT2D eigenvalue weighted by Crippen LogP contribution is 2.30. The van der Waals surface area contributed by atoms with Gasteiger partial charge < -0.3 is 10.6 Å². The second-order valence-corrected chi connectivity index (χ2v) is 6.77. The summed E-state index contributed by atoms with van der Waals surface area (Å²) < 4.78 is 0. The fourth-order valence-electron chi connectivity index (χ4n) is 3.19. The van der Waals surface area contributed by atoms with Crippen LogP contribution in [-0.4, -0.2) is 24.3 Å². The van der Waals surface area contributed by atoms with Crippen LogP contribution in [0.2, 0.25) is 0 Å². The first kappa shape index (κ1) is 19.1. The Balaban J connectivity index is 1.45. The molecule has 1 aliphatic rings. The topological polar surface area (TPSA) is 78.5 Å². The Labute approximate surface area is 173 Å². The number of anilines is 3. The zero-order valence-electron chi connectivity index (χ0n) is 16.0. The molecule has 1 aliphatic heterocycles. The van der Waals surface area contributed by atoms with E-state index in [1.165, 1.54) is 11.0 Å². The van der Waals surface area contributed by atoms with Gasteiger partial charge in [-0.1, -0.05) is 42.5 Å². The molecule has 3 amide bonds. The van der Waals surface area contributed by atoms with Crippen LogP contribution < -0.4 is 15.5 Å². The maximum Gasteiger partial charge on any atom is 0.258 e. The molecule has 0 saturated carbocycles. The molecule has 6 nitrogen and oxygen atoms in total. The van der Waals surface area contributed by atoms with Gasteiger partial charge in [-0.15, -0.1) is 0 Å². The second-order valence-electron chi connectivity index (χ2n) is 6.77. The summed E-state index contributed by atoms with van der Waals surface area (Å²) in [5, 5.41) is 5.53. The quantitative estimate of drug-likeness (QED) is 0.655. The number of benzene rings is 3. The van der Waals surface area contributed by atoms with Gasteiger partial charge in [0.05, 0.1) is 11.4 Å². The van der Waals surface area contributed by atoms with E-state index in [4.69, 9.17) is 0 Å². The average molecular weight is 397 g/mol. The first-order chi connectivity index (χ1) is 14.6. The summed E-state index contributed by atoms with van der Waals surface area (Å²) in [5.41, 5.74) is 3.20. The van der Waals surface area contributed by atoms with Crippen LogP contribution in [0.4, 0.5) is 17.1 Å². The van der Waals surface area contributed by atoms with Crippen LogP contribution in [0, 0.1) is 0 Å². The largest absolute Gasteiger partial charge is 0.323 e. The highest BCUT2D eigenvalue weighted by atomic mass is 16.2. The van der Waals surface area contributed by atoms with Gasteiger partial charge >= 0.3 is 0 Å². The predicted molar refractivity (Wildman–Crippen MR) is 117 cm³/mol. The van der Waals surface area contributed by atoms with Crippen molar-refractivity contribution in [2.75, 3.05) is 22.1 Å². The molecule has 148 valence electrons. The third-order valence-corrected chi connectivity index (χ3v) is 4.64. The molecule has 30 heavy (non-hydrogen) atoms. The molecule has 2 N–H and O–H groups in total. The van der Waals surface area contributed by atoms with E-state index >= 15 is 0 Å². The molecule has 0 saturated heterocycles. The molecule has 0 fully saturated rings. The molecule has 0 aliphatic carbocycles. The van der Waals surface area contributed by atoms with Gasteiger partial charge in [0.25, 0.3) is 5.91 Å². The maximum atomic E-state index is 12.9. The molecular formula is C24H19N3O3. The minimum absolute atomic E-state index is 0.0430. The molecule has 4 rings (SSSR count). The molecular weight excluding hydrogens is 378 g/mol. The van der Waals surface area contributed by atoms with E-state index in [2.05, 4.69) is 10.6 Å². The molecule has 0 aromatic heterocycles. The second kappa shape index (κ2) is 8.45. The predicted octanol–water partition coefficient (Wildman–Crippen LogP) is 3.94. The third-order valence-electron chi connectivity index (χ3n) is 4.64. The van der Waals surface area contributed by atoms with Crippen molar-refractivity contribution in [3.63, 3.8) is 0 Å². The number of amides is 3. The van der Waals surface area contributed by atoms with Crippen molar-refractivity contribution in [2.24, 2.45) is 0 Å². The van der Waals surface area contributed by atoms with Crippen LogP contribution in [0.1, 0.15) is 15.9 Å². The fourth-order valence-corrected chi connectivity index (χ4v) is 3.19. The molecule has 3 aromatic carbocycles. The van der Waals surface area contributed by atoms with E-state index in [-0.39, 0.29) is 24.3 Å². The van der Waals surface area contributed by atoms with Gasteiger partial charge in [-0.25, -0.2) is 0 Å². The molecule has 0 radical (unpaired) electrons. The van der Waals surface area contributed by atoms with E-state index in [0.29, 0.717) is 22.6 Å². The number of carbonyl (C=O) groups is 3. The Morgan fingerprint density at radius 2 is 1.60 bits per heavy atom. The first-order valence-electron chi connectivity index (χ1n) is 9.45. The molecule has 6 heteroatoms. The van der Waals surface area contributed by atoms with Gasteiger partial charge in [0.2, 0.25) is 11.8 Å². The van der Waals surface area contributed by atoms with Crippen molar-refractivity contribution in [2.45, 2.75) is 0 Å². The Kier molecular flexibility index (Phi) is 5.39. The Hall–Kier alpha value is -4.19. The van der Waals surface area contributed by atoms with Gasteiger partial charge in [0.1, 0.15) is 6.54 Å². The van der Waals surface area contributed by atoms with Gasteiger partial charge in [-0.2, -0.15) is 0 Å². The van der Waals surface area contributed by atoms with E-state index in [9.17, 15) is 14.4 Å². The SMILES string of the molecule is O=C(/C=C/c1ccccc1)Nc1ccc(C(=O)N2CC(=O)Nc3ccccc32)cc1. The summed E-state index contributed by atoms with van der Waals surface area (Å²) in [6.45, 7) is -0.0430. The van der Waals surface area contributed by atoms with Gasteiger partial charge in [0.15, 0.2) is 0 Å². The summed E-state index contributed by atoms with van der Waals surface area (Å²) >= 11 is 0. The van der Waals surface area contributed by atoms with Crippen LogP contribution in [0.3, 0.4) is 0 Å². The fraction of sp³-hybridized carbons (Fsp3) is 0.0417. The van der Waals surface area contributed by atoms with Crippen molar-refractivity contribution >= 4 is 40.9 Å². The first-order valence-corrected chi connectivity index (χ1v) is 9.45. The van der Waals surface area contributed by atoms with Gasteiger partial charge in [-0.05, 0) is 48.0 Å². The number of hydrogen-bond acceptors (Lipinski definition) is 3. The number of para-hydroxylation sites is 2. The van der Waals surface area contributed by atoms with Crippen LogP contribution in [0.25, 0.3) is 6.08 Å². The molecule has 0 bridgehead atoms. The zero-order chi connectivity index (χ0) is 20.9. The Bertz CT molecular complexity index is 1120. The lowest BCUT2D eigenvalue weighted by Gasteiger charge is -2.29. The van der Waals surface area contributed by atoms with Crippen LogP contribution in [-0.2, 0) is 9.59 Å². The van der Waals surface area contributed by atoms with Gasteiger partial charge in [0, 0.05) is 17.3 Å². The summed E-state index contributed by atoms with van der Waals surface area (Å²) in [6, 6.07) is 23.3. The van der Waals surface area contributed by atoms with Crippen molar-refractivity contribution < 1.29 is 14.4 Å². The van der Waals surface area contributed by atoms with Crippen molar-refractivity contribution in [3.05, 3.63) is 96.1 Å². The van der Waals surface area contributed by atoms with Crippen molar-refractivity contribution in [1.29, 1.82) is 0 Å². The highest BCUT2D eigenvalue weighted by Gasteiger charge is 2.27. The zero-order valence-corrected chi connectivity index (χ0v) is 16.0. The van der Waals surface area contributed by atoms with E-state index in [1.54, 1.807) is 48.5 Å². The normalized spacial score (nSPS) is 12.9. The number of hydrogen-bond donors (Lipinski definition) is 2. The lowest BCUT2D eigenvalue weighted by Crippen LogP contribution is -2.42. The molecule has 0 spiro atoms. The third kappa shape index (κ3) is 4.28. The monoisotopic (exact) mass is 397 g/mol. The van der Waals surface area contributed by atoms with Crippen LogP contribution in [0.5, 0.6) is 0 Å². The lowest BCUT2D eigenvalue weighted by molar-refractivity contribution is -0.115. The summed E-state index contributed by atoms with van der Waals surface area (Å²) in [6.07, 6.45) is 3.18. The van der Waals surface area contributed by atoms with Crippen LogP contribution >= 0.6 is 0 Å². The average Bonchev–Trinajstić information content (AvgIpc) is 2.78. The summed E-state index contributed by atoms with van der Waals surface area (Å²) in [7, 11) is 0. The Morgan fingerprint density at radius 1 is 0.900 bits per heavy atom. The van der Waals surface area contributed by atoms with E-state index in [0.717, 1.165) is 5.56 Å².